The standard InChI is InChI=1S/C18H17N3O4S2/c1-21(27(23,24)18-5-3-11-26-18)15-6-8-16(9-7-15)25-13-17(22)20-14-4-2-10-19-12-14/h2-12H,13H2,1H3,(H,20,22). The number of aromatic nitrogens is 1. The average Bonchev–Trinajstić information content (AvgIpc) is 3.23. The molecule has 9 heteroatoms. The van der Waals surface area contributed by atoms with Crippen molar-refractivity contribution in [3.8, 4) is 5.75 Å². The molecule has 0 fully saturated rings. The van der Waals surface area contributed by atoms with Crippen LogP contribution in [-0.2, 0) is 14.8 Å². The molecule has 0 spiro atoms. The fourth-order valence-electron chi connectivity index (χ4n) is 2.22. The van der Waals surface area contributed by atoms with Gasteiger partial charge in [-0.15, -0.1) is 11.3 Å². The molecule has 0 bridgehead atoms. The summed E-state index contributed by atoms with van der Waals surface area (Å²) in [6.07, 6.45) is 3.15. The zero-order valence-electron chi connectivity index (χ0n) is 14.4. The first-order valence-corrected chi connectivity index (χ1v) is 10.2. The molecule has 0 atom stereocenters. The molecule has 0 aliphatic heterocycles. The molecule has 0 saturated carbocycles. The molecule has 3 aromatic rings. The van der Waals surface area contributed by atoms with Gasteiger partial charge < -0.3 is 10.1 Å². The van der Waals surface area contributed by atoms with Crippen LogP contribution in [0.25, 0.3) is 0 Å². The molecular weight excluding hydrogens is 386 g/mol. The summed E-state index contributed by atoms with van der Waals surface area (Å²) in [5.41, 5.74) is 1.08. The average molecular weight is 403 g/mol. The highest BCUT2D eigenvalue weighted by Gasteiger charge is 2.22. The van der Waals surface area contributed by atoms with Gasteiger partial charge in [-0.3, -0.25) is 14.1 Å². The van der Waals surface area contributed by atoms with Crippen molar-refractivity contribution in [2.45, 2.75) is 4.21 Å². The molecule has 140 valence electrons. The number of benzene rings is 1. The van der Waals surface area contributed by atoms with Gasteiger partial charge in [0.15, 0.2) is 6.61 Å². The Kier molecular flexibility index (Phi) is 5.72. The summed E-state index contributed by atoms with van der Waals surface area (Å²) in [6, 6.07) is 13.2. The van der Waals surface area contributed by atoms with Gasteiger partial charge in [-0.25, -0.2) is 8.42 Å². The first-order valence-electron chi connectivity index (χ1n) is 7.92. The summed E-state index contributed by atoms with van der Waals surface area (Å²) < 4.78 is 31.9. The Labute approximate surface area is 161 Å². The Morgan fingerprint density at radius 1 is 1.19 bits per heavy atom. The van der Waals surface area contributed by atoms with Gasteiger partial charge in [-0.2, -0.15) is 0 Å². The second kappa shape index (κ2) is 8.19. The Hall–Kier alpha value is -2.91. The number of nitrogens with zero attached hydrogens (tertiary/aromatic N) is 2. The van der Waals surface area contributed by atoms with E-state index in [9.17, 15) is 13.2 Å². The van der Waals surface area contributed by atoms with Gasteiger partial charge in [0, 0.05) is 13.2 Å². The van der Waals surface area contributed by atoms with Gasteiger partial charge in [-0.05, 0) is 47.8 Å². The lowest BCUT2D eigenvalue weighted by Crippen LogP contribution is -2.25. The summed E-state index contributed by atoms with van der Waals surface area (Å²) in [6.45, 7) is -0.169. The number of ether oxygens (including phenoxy) is 1. The molecule has 2 heterocycles. The highest BCUT2D eigenvalue weighted by Crippen LogP contribution is 2.26. The van der Waals surface area contributed by atoms with Gasteiger partial charge in [0.05, 0.1) is 17.6 Å². The number of carbonyl (C=O) groups is 1. The highest BCUT2D eigenvalue weighted by molar-refractivity contribution is 7.94. The van der Waals surface area contributed by atoms with Gasteiger partial charge >= 0.3 is 0 Å². The number of anilines is 2. The summed E-state index contributed by atoms with van der Waals surface area (Å²) in [5.74, 6) is 0.145. The summed E-state index contributed by atoms with van der Waals surface area (Å²) >= 11 is 1.16. The minimum atomic E-state index is -3.58. The van der Waals surface area contributed by atoms with Crippen LogP contribution in [0, 0.1) is 0 Å². The van der Waals surface area contributed by atoms with Crippen LogP contribution in [0.5, 0.6) is 5.75 Å². The van der Waals surface area contributed by atoms with Crippen molar-refractivity contribution in [1.29, 1.82) is 0 Å². The molecule has 0 saturated heterocycles. The van der Waals surface area contributed by atoms with Crippen molar-refractivity contribution in [1.82, 2.24) is 4.98 Å². The number of rotatable bonds is 7. The van der Waals surface area contributed by atoms with Crippen LogP contribution in [0.4, 0.5) is 11.4 Å². The molecule has 2 aromatic heterocycles. The van der Waals surface area contributed by atoms with E-state index in [0.717, 1.165) is 11.3 Å². The lowest BCUT2D eigenvalue weighted by atomic mass is 10.3. The molecule has 7 nitrogen and oxygen atoms in total. The third-order valence-corrected chi connectivity index (χ3v) is 6.78. The number of sulfonamides is 1. The van der Waals surface area contributed by atoms with Gasteiger partial charge in [0.2, 0.25) is 0 Å². The normalized spacial score (nSPS) is 11.0. The van der Waals surface area contributed by atoms with E-state index in [1.807, 2.05) is 0 Å². The van der Waals surface area contributed by atoms with E-state index in [2.05, 4.69) is 10.3 Å². The molecule has 27 heavy (non-hydrogen) atoms. The van der Waals surface area contributed by atoms with Crippen LogP contribution >= 0.6 is 11.3 Å². The van der Waals surface area contributed by atoms with Crippen molar-refractivity contribution in [3.63, 3.8) is 0 Å². The second-order valence-electron chi connectivity index (χ2n) is 5.48. The van der Waals surface area contributed by atoms with Gasteiger partial charge in [0.25, 0.3) is 15.9 Å². The lowest BCUT2D eigenvalue weighted by molar-refractivity contribution is -0.118. The van der Waals surface area contributed by atoms with Crippen LogP contribution in [-0.4, -0.2) is 33.0 Å². The largest absolute Gasteiger partial charge is 0.484 e. The minimum absolute atomic E-state index is 0.169. The second-order valence-corrected chi connectivity index (χ2v) is 8.62. The van der Waals surface area contributed by atoms with E-state index in [1.165, 1.54) is 17.5 Å². The van der Waals surface area contributed by atoms with E-state index < -0.39 is 10.0 Å². The molecule has 0 aliphatic rings. The van der Waals surface area contributed by atoms with Crippen LogP contribution in [0.15, 0.2) is 70.5 Å². The number of hydrogen-bond donors (Lipinski definition) is 1. The van der Waals surface area contributed by atoms with Gasteiger partial charge in [-0.1, -0.05) is 6.07 Å². The topological polar surface area (TPSA) is 88.6 Å². The molecule has 1 N–H and O–H groups in total. The monoisotopic (exact) mass is 403 g/mol. The maximum Gasteiger partial charge on any atom is 0.273 e. The van der Waals surface area contributed by atoms with Crippen LogP contribution in [0.2, 0.25) is 0 Å². The molecule has 0 radical (unpaired) electrons. The zero-order valence-corrected chi connectivity index (χ0v) is 16.0. The highest BCUT2D eigenvalue weighted by atomic mass is 32.2. The Bertz CT molecular complexity index is 989. The fourth-order valence-corrected chi connectivity index (χ4v) is 4.58. The van der Waals surface area contributed by atoms with E-state index >= 15 is 0 Å². The quantitative estimate of drug-likeness (QED) is 0.655. The van der Waals surface area contributed by atoms with Crippen LogP contribution in [0.1, 0.15) is 0 Å². The van der Waals surface area contributed by atoms with Crippen molar-refractivity contribution in [2.75, 3.05) is 23.3 Å². The first kappa shape index (κ1) is 18.9. The first-order chi connectivity index (χ1) is 13.0. The number of carbonyl (C=O) groups excluding carboxylic acids is 1. The predicted octanol–water partition coefficient (Wildman–Crippen LogP) is 2.99. The number of hydrogen-bond acceptors (Lipinski definition) is 6. The van der Waals surface area contributed by atoms with Crippen molar-refractivity contribution < 1.29 is 17.9 Å². The molecule has 3 rings (SSSR count). The fraction of sp³-hybridized carbons (Fsp3) is 0.111. The number of thiophene rings is 1. The van der Waals surface area contributed by atoms with Crippen molar-refractivity contribution in [3.05, 3.63) is 66.3 Å². The Morgan fingerprint density at radius 2 is 1.96 bits per heavy atom. The maximum atomic E-state index is 12.5. The summed E-state index contributed by atoms with van der Waals surface area (Å²) in [5, 5.41) is 4.38. The molecule has 0 aliphatic carbocycles. The van der Waals surface area contributed by atoms with Crippen molar-refractivity contribution >= 4 is 38.6 Å². The number of amides is 1. The van der Waals surface area contributed by atoms with Crippen LogP contribution < -0.4 is 14.4 Å². The molecule has 0 unspecified atom stereocenters. The Balaban J connectivity index is 1.59. The maximum absolute atomic E-state index is 12.5. The minimum Gasteiger partial charge on any atom is -0.484 e. The lowest BCUT2D eigenvalue weighted by Gasteiger charge is -2.18. The SMILES string of the molecule is CN(c1ccc(OCC(=O)Nc2cccnc2)cc1)S(=O)(=O)c1cccs1. The summed E-state index contributed by atoms with van der Waals surface area (Å²) in [7, 11) is -2.09. The predicted molar refractivity (Wildman–Crippen MR) is 105 cm³/mol. The smallest absolute Gasteiger partial charge is 0.273 e. The zero-order chi connectivity index (χ0) is 19.3. The number of nitrogens with one attached hydrogen (secondary N) is 1. The van der Waals surface area contributed by atoms with E-state index in [4.69, 9.17) is 4.74 Å². The molecule has 1 aromatic carbocycles. The Morgan fingerprint density at radius 3 is 2.59 bits per heavy atom. The third kappa shape index (κ3) is 4.63. The molecular formula is C18H17N3O4S2. The van der Waals surface area contributed by atoms with E-state index in [0.29, 0.717) is 17.1 Å². The summed E-state index contributed by atoms with van der Waals surface area (Å²) in [4.78, 5) is 15.8. The number of pyridine rings is 1. The van der Waals surface area contributed by atoms with E-state index in [1.54, 1.807) is 60.1 Å². The van der Waals surface area contributed by atoms with Gasteiger partial charge in [0.1, 0.15) is 9.96 Å². The molecule has 1 amide bonds. The van der Waals surface area contributed by atoms with Crippen LogP contribution in [0.3, 0.4) is 0 Å². The van der Waals surface area contributed by atoms with E-state index in [-0.39, 0.29) is 16.7 Å². The third-order valence-electron chi connectivity index (χ3n) is 3.63. The van der Waals surface area contributed by atoms with Crippen molar-refractivity contribution in [2.24, 2.45) is 0 Å².